The van der Waals surface area contributed by atoms with Crippen molar-refractivity contribution in [2.75, 3.05) is 13.7 Å². The highest BCUT2D eigenvalue weighted by molar-refractivity contribution is 5.91. The normalized spacial score (nSPS) is 18.0. The van der Waals surface area contributed by atoms with Crippen molar-refractivity contribution in [2.45, 2.75) is 56.8 Å². The summed E-state index contributed by atoms with van der Waals surface area (Å²) in [5.41, 5.74) is 0.672. The maximum atomic E-state index is 14.0. The zero-order chi connectivity index (χ0) is 25.6. The summed E-state index contributed by atoms with van der Waals surface area (Å²) in [6.07, 6.45) is 5.86. The topological polar surface area (TPSA) is 90.2 Å². The number of furan rings is 1. The summed E-state index contributed by atoms with van der Waals surface area (Å²) in [6.45, 7) is 0.145. The zero-order valence-corrected chi connectivity index (χ0v) is 20.9. The number of rotatable bonds is 8. The Hall–Kier alpha value is -3.94. The number of ether oxygens (including phenoxy) is 3. The summed E-state index contributed by atoms with van der Waals surface area (Å²) < 4.78 is 22.8. The van der Waals surface area contributed by atoms with Crippen molar-refractivity contribution in [3.05, 3.63) is 78.3 Å². The number of nitrogens with one attached hydrogen (secondary N) is 1. The molecule has 1 aliphatic carbocycles. The first-order valence-corrected chi connectivity index (χ1v) is 12.8. The smallest absolute Gasteiger partial charge is 0.268 e. The summed E-state index contributed by atoms with van der Waals surface area (Å²) >= 11 is 0. The fourth-order valence-corrected chi connectivity index (χ4v) is 4.98. The third kappa shape index (κ3) is 5.74. The van der Waals surface area contributed by atoms with Gasteiger partial charge in [-0.3, -0.25) is 9.59 Å². The third-order valence-corrected chi connectivity index (χ3v) is 6.92. The molecule has 0 spiro atoms. The molecule has 1 N–H and O–H groups in total. The molecule has 5 rings (SSSR count). The van der Waals surface area contributed by atoms with Crippen molar-refractivity contribution >= 4 is 11.8 Å². The van der Waals surface area contributed by atoms with Crippen LogP contribution in [0.1, 0.15) is 49.5 Å². The predicted octanol–water partition coefficient (Wildman–Crippen LogP) is 4.65. The third-order valence-electron chi connectivity index (χ3n) is 6.92. The molecule has 3 aromatic rings. The molecule has 2 atom stereocenters. The van der Waals surface area contributed by atoms with Gasteiger partial charge < -0.3 is 28.8 Å². The summed E-state index contributed by atoms with van der Waals surface area (Å²) in [7, 11) is 1.59. The Morgan fingerprint density at radius 2 is 1.76 bits per heavy atom. The van der Waals surface area contributed by atoms with E-state index in [0.717, 1.165) is 25.7 Å². The molecular formula is C29H32N2O6. The molecule has 2 aromatic carbocycles. The van der Waals surface area contributed by atoms with Gasteiger partial charge in [-0.2, -0.15) is 0 Å². The van der Waals surface area contributed by atoms with Gasteiger partial charge in [-0.15, -0.1) is 0 Å². The highest BCUT2D eigenvalue weighted by atomic mass is 16.6. The lowest BCUT2D eigenvalue weighted by atomic mass is 9.94. The van der Waals surface area contributed by atoms with Crippen molar-refractivity contribution in [1.29, 1.82) is 0 Å². The van der Waals surface area contributed by atoms with Gasteiger partial charge in [-0.25, -0.2) is 0 Å². The lowest BCUT2D eigenvalue weighted by Gasteiger charge is -2.36. The van der Waals surface area contributed by atoms with Crippen LogP contribution in [0.5, 0.6) is 17.2 Å². The predicted molar refractivity (Wildman–Crippen MR) is 136 cm³/mol. The maximum absolute atomic E-state index is 14.0. The average molecular weight is 505 g/mol. The van der Waals surface area contributed by atoms with Gasteiger partial charge >= 0.3 is 0 Å². The van der Waals surface area contributed by atoms with Crippen LogP contribution in [-0.4, -0.2) is 42.6 Å². The molecule has 1 saturated carbocycles. The molecule has 37 heavy (non-hydrogen) atoms. The van der Waals surface area contributed by atoms with Crippen LogP contribution in [0, 0.1) is 0 Å². The number of fused-ring (bicyclic) bond motifs is 1. The van der Waals surface area contributed by atoms with Crippen LogP contribution in [0.4, 0.5) is 0 Å². The lowest BCUT2D eigenvalue weighted by molar-refractivity contribution is -0.149. The van der Waals surface area contributed by atoms with Gasteiger partial charge in [0.15, 0.2) is 11.5 Å². The second-order valence-electron chi connectivity index (χ2n) is 9.43. The van der Waals surface area contributed by atoms with Crippen LogP contribution < -0.4 is 19.5 Å². The monoisotopic (exact) mass is 504 g/mol. The fraction of sp³-hybridized carbons (Fsp3) is 0.379. The largest absolute Gasteiger partial charge is 0.497 e. The van der Waals surface area contributed by atoms with Gasteiger partial charge in [0.05, 0.1) is 19.9 Å². The molecule has 1 aliphatic heterocycles. The number of para-hydroxylation sites is 2. The first-order chi connectivity index (χ1) is 18.1. The van der Waals surface area contributed by atoms with Crippen molar-refractivity contribution in [2.24, 2.45) is 0 Å². The van der Waals surface area contributed by atoms with E-state index in [9.17, 15) is 9.59 Å². The minimum absolute atomic E-state index is 0.0457. The molecule has 1 fully saturated rings. The van der Waals surface area contributed by atoms with E-state index in [4.69, 9.17) is 18.6 Å². The van der Waals surface area contributed by atoms with Gasteiger partial charge in [0.2, 0.25) is 12.0 Å². The second kappa shape index (κ2) is 11.4. The molecule has 2 amide bonds. The van der Waals surface area contributed by atoms with Crippen molar-refractivity contribution in [3.8, 4) is 17.2 Å². The van der Waals surface area contributed by atoms with E-state index < -0.39 is 12.1 Å². The Balaban J connectivity index is 1.48. The Kier molecular flexibility index (Phi) is 7.63. The second-order valence-corrected chi connectivity index (χ2v) is 9.43. The summed E-state index contributed by atoms with van der Waals surface area (Å²) in [4.78, 5) is 29.5. The molecule has 2 aliphatic rings. The molecule has 1 aromatic heterocycles. The standard InChI is InChI=1S/C29H32N2O6/c1-34-22-15-13-20(14-16-22)27(28(32)30-21-8-3-2-4-9-21)31(18-23-10-7-17-35-23)29(33)26-19-36-24-11-5-6-12-25(24)37-26/h5-7,10-17,21,26-27H,2-4,8-9,18-19H2,1H3,(H,30,32)/t26-,27+/m1/s1. The number of hydrogen-bond acceptors (Lipinski definition) is 6. The molecular weight excluding hydrogens is 472 g/mol. The SMILES string of the molecule is COc1ccc([C@@H](C(=O)NC2CCCCC2)N(Cc2ccco2)C(=O)[C@H]2COc3ccccc3O2)cc1. The first kappa shape index (κ1) is 24.7. The van der Waals surface area contributed by atoms with Gasteiger partial charge in [0.25, 0.3) is 5.91 Å². The van der Waals surface area contributed by atoms with E-state index in [1.165, 1.54) is 11.3 Å². The number of nitrogens with zero attached hydrogens (tertiary/aromatic N) is 1. The van der Waals surface area contributed by atoms with E-state index in [1.807, 2.05) is 24.3 Å². The van der Waals surface area contributed by atoms with E-state index in [2.05, 4.69) is 5.32 Å². The van der Waals surface area contributed by atoms with Crippen LogP contribution in [0.15, 0.2) is 71.3 Å². The Labute approximate surface area is 216 Å². The van der Waals surface area contributed by atoms with Crippen LogP contribution in [0.25, 0.3) is 0 Å². The number of amides is 2. The molecule has 2 heterocycles. The molecule has 0 radical (unpaired) electrons. The Morgan fingerprint density at radius 1 is 1.00 bits per heavy atom. The Bertz CT molecular complexity index is 1190. The van der Waals surface area contributed by atoms with E-state index in [-0.39, 0.29) is 31.0 Å². The van der Waals surface area contributed by atoms with E-state index in [0.29, 0.717) is 28.6 Å². The molecule has 0 saturated heterocycles. The van der Waals surface area contributed by atoms with Gasteiger partial charge in [0, 0.05) is 6.04 Å². The quantitative estimate of drug-likeness (QED) is 0.480. The van der Waals surface area contributed by atoms with Gasteiger partial charge in [0.1, 0.15) is 24.2 Å². The Morgan fingerprint density at radius 3 is 2.46 bits per heavy atom. The van der Waals surface area contributed by atoms with Crippen LogP contribution in [0.3, 0.4) is 0 Å². The number of methoxy groups -OCH3 is 1. The van der Waals surface area contributed by atoms with Crippen molar-refractivity contribution in [1.82, 2.24) is 10.2 Å². The lowest BCUT2D eigenvalue weighted by Crippen LogP contribution is -2.52. The van der Waals surface area contributed by atoms with E-state index in [1.54, 1.807) is 49.8 Å². The summed E-state index contributed by atoms with van der Waals surface area (Å²) in [6, 6.07) is 17.2. The van der Waals surface area contributed by atoms with Crippen molar-refractivity contribution < 1.29 is 28.2 Å². The molecule has 0 bridgehead atoms. The summed E-state index contributed by atoms with van der Waals surface area (Å²) in [5, 5.41) is 3.21. The fourth-order valence-electron chi connectivity index (χ4n) is 4.98. The van der Waals surface area contributed by atoms with E-state index >= 15 is 0 Å². The maximum Gasteiger partial charge on any atom is 0.268 e. The average Bonchev–Trinajstić information content (AvgIpc) is 3.46. The molecule has 0 unspecified atom stereocenters. The molecule has 8 nitrogen and oxygen atoms in total. The first-order valence-electron chi connectivity index (χ1n) is 12.8. The highest BCUT2D eigenvalue weighted by Crippen LogP contribution is 2.33. The zero-order valence-electron chi connectivity index (χ0n) is 20.9. The highest BCUT2D eigenvalue weighted by Gasteiger charge is 2.39. The molecule has 8 heteroatoms. The van der Waals surface area contributed by atoms with Crippen molar-refractivity contribution in [3.63, 3.8) is 0 Å². The van der Waals surface area contributed by atoms with Crippen LogP contribution >= 0.6 is 0 Å². The van der Waals surface area contributed by atoms with Crippen LogP contribution in [-0.2, 0) is 16.1 Å². The number of benzene rings is 2. The van der Waals surface area contributed by atoms with Gasteiger partial charge in [-0.1, -0.05) is 43.5 Å². The minimum Gasteiger partial charge on any atom is -0.497 e. The minimum atomic E-state index is -0.909. The van der Waals surface area contributed by atoms with Crippen LogP contribution in [0.2, 0.25) is 0 Å². The number of hydrogen-bond donors (Lipinski definition) is 1. The summed E-state index contributed by atoms with van der Waals surface area (Å²) in [5.74, 6) is 1.73. The molecule has 194 valence electrons. The van der Waals surface area contributed by atoms with Gasteiger partial charge in [-0.05, 0) is 54.8 Å². The number of carbonyl (C=O) groups excluding carboxylic acids is 2. The number of carbonyl (C=O) groups is 2.